The lowest BCUT2D eigenvalue weighted by Gasteiger charge is -2.43. The van der Waals surface area contributed by atoms with Gasteiger partial charge in [-0.3, -0.25) is 4.90 Å². The normalized spacial score (nSPS) is 16.2. The number of halogens is 2. The van der Waals surface area contributed by atoms with Crippen LogP contribution >= 0.6 is 23.2 Å². The maximum absolute atomic E-state index is 12.1. The van der Waals surface area contributed by atoms with Crippen molar-refractivity contribution in [2.75, 3.05) is 25.5 Å². The van der Waals surface area contributed by atoms with Crippen LogP contribution in [0.2, 0.25) is 10.0 Å². The standard InChI is InChI=1S/C24H31Cl2N3O2/c1-4-5-6-7-8-14-27-24(30)31-18-12-13-21-17(15-18)16-28(2)23(29(21)3)22-19(25)10-9-11-20(22)26/h9-13,15,23H,4-8,14,16H2,1-3H3,(H,27,30). The van der Waals surface area contributed by atoms with Gasteiger partial charge in [0.25, 0.3) is 0 Å². The van der Waals surface area contributed by atoms with E-state index in [0.717, 1.165) is 29.7 Å². The Morgan fingerprint density at radius 2 is 1.81 bits per heavy atom. The van der Waals surface area contributed by atoms with Gasteiger partial charge in [0, 0.05) is 41.4 Å². The third-order valence-electron chi connectivity index (χ3n) is 5.65. The summed E-state index contributed by atoms with van der Waals surface area (Å²) in [5, 5.41) is 4.12. The van der Waals surface area contributed by atoms with Gasteiger partial charge >= 0.3 is 6.09 Å². The largest absolute Gasteiger partial charge is 0.412 e. The van der Waals surface area contributed by atoms with Gasteiger partial charge in [-0.05, 0) is 49.4 Å². The van der Waals surface area contributed by atoms with E-state index in [0.29, 0.717) is 28.9 Å². The number of unbranched alkanes of at least 4 members (excludes halogenated alkanes) is 4. The predicted octanol–water partition coefficient (Wildman–Crippen LogP) is 6.63. The van der Waals surface area contributed by atoms with Crippen LogP contribution in [-0.2, 0) is 6.54 Å². The first-order chi connectivity index (χ1) is 14.9. The molecule has 168 valence electrons. The van der Waals surface area contributed by atoms with Crippen molar-refractivity contribution in [1.82, 2.24) is 10.2 Å². The van der Waals surface area contributed by atoms with Crippen molar-refractivity contribution >= 4 is 35.0 Å². The molecule has 0 bridgehead atoms. The smallest absolute Gasteiger partial charge is 0.410 e. The van der Waals surface area contributed by atoms with E-state index < -0.39 is 6.09 Å². The van der Waals surface area contributed by atoms with E-state index >= 15 is 0 Å². The van der Waals surface area contributed by atoms with Gasteiger partial charge < -0.3 is 15.0 Å². The van der Waals surface area contributed by atoms with Crippen LogP contribution in [0.25, 0.3) is 0 Å². The molecule has 0 spiro atoms. The second-order valence-corrected chi connectivity index (χ2v) is 8.87. The van der Waals surface area contributed by atoms with Gasteiger partial charge in [0.15, 0.2) is 0 Å². The number of amides is 1. The Kier molecular flexibility index (Phi) is 8.47. The van der Waals surface area contributed by atoms with E-state index in [2.05, 4.69) is 22.0 Å². The van der Waals surface area contributed by atoms with Crippen molar-refractivity contribution in [3.05, 3.63) is 57.6 Å². The molecular formula is C24H31Cl2N3O2. The van der Waals surface area contributed by atoms with Crippen molar-refractivity contribution in [3.8, 4) is 5.75 Å². The van der Waals surface area contributed by atoms with E-state index in [1.807, 2.05) is 50.5 Å². The van der Waals surface area contributed by atoms with Crippen LogP contribution < -0.4 is 15.0 Å². The van der Waals surface area contributed by atoms with Crippen LogP contribution in [0.3, 0.4) is 0 Å². The molecule has 1 aliphatic heterocycles. The SMILES string of the molecule is CCCCCCCNC(=O)Oc1ccc2c(c1)CN(C)C(c1c(Cl)cccc1Cl)N2C. The molecular weight excluding hydrogens is 433 g/mol. The van der Waals surface area contributed by atoms with Gasteiger partial charge in [-0.25, -0.2) is 4.79 Å². The zero-order valence-electron chi connectivity index (χ0n) is 18.5. The summed E-state index contributed by atoms with van der Waals surface area (Å²) in [5.74, 6) is 0.540. The molecule has 0 radical (unpaired) electrons. The Morgan fingerprint density at radius 1 is 1.10 bits per heavy atom. The average molecular weight is 464 g/mol. The topological polar surface area (TPSA) is 44.8 Å². The van der Waals surface area contributed by atoms with Crippen molar-refractivity contribution < 1.29 is 9.53 Å². The minimum Gasteiger partial charge on any atom is -0.410 e. The predicted molar refractivity (Wildman–Crippen MR) is 128 cm³/mol. The third-order valence-corrected chi connectivity index (χ3v) is 6.31. The molecule has 0 saturated heterocycles. The first kappa shape index (κ1) is 23.7. The molecule has 0 aromatic heterocycles. The van der Waals surface area contributed by atoms with Gasteiger partial charge in [0.2, 0.25) is 0 Å². The molecule has 3 rings (SSSR count). The van der Waals surface area contributed by atoms with Crippen molar-refractivity contribution in [2.24, 2.45) is 0 Å². The number of anilines is 1. The minimum atomic E-state index is -0.409. The molecule has 1 N–H and O–H groups in total. The minimum absolute atomic E-state index is 0.0866. The zero-order valence-corrected chi connectivity index (χ0v) is 20.0. The molecule has 2 aromatic carbocycles. The number of nitrogens with one attached hydrogen (secondary N) is 1. The summed E-state index contributed by atoms with van der Waals surface area (Å²) in [4.78, 5) is 16.4. The number of hydrogen-bond donors (Lipinski definition) is 1. The van der Waals surface area contributed by atoms with Gasteiger partial charge in [0.05, 0.1) is 0 Å². The lowest BCUT2D eigenvalue weighted by molar-refractivity contribution is 0.199. The first-order valence-electron chi connectivity index (χ1n) is 10.9. The number of benzene rings is 2. The summed E-state index contributed by atoms with van der Waals surface area (Å²) in [6.07, 6.45) is 5.27. The highest BCUT2D eigenvalue weighted by atomic mass is 35.5. The first-order valence-corrected chi connectivity index (χ1v) is 11.6. The van der Waals surface area contributed by atoms with E-state index in [1.165, 1.54) is 19.3 Å². The Bertz CT molecular complexity index is 886. The highest BCUT2D eigenvalue weighted by molar-refractivity contribution is 6.36. The van der Waals surface area contributed by atoms with Gasteiger partial charge in [-0.15, -0.1) is 0 Å². The maximum atomic E-state index is 12.1. The molecule has 31 heavy (non-hydrogen) atoms. The summed E-state index contributed by atoms with van der Waals surface area (Å²) < 4.78 is 5.50. The van der Waals surface area contributed by atoms with Crippen LogP contribution in [0.15, 0.2) is 36.4 Å². The third kappa shape index (κ3) is 5.85. The summed E-state index contributed by atoms with van der Waals surface area (Å²) in [6.45, 7) is 3.51. The monoisotopic (exact) mass is 463 g/mol. The van der Waals surface area contributed by atoms with Crippen molar-refractivity contribution in [2.45, 2.75) is 51.7 Å². The van der Waals surface area contributed by atoms with E-state index in [4.69, 9.17) is 27.9 Å². The molecule has 2 aromatic rings. The Morgan fingerprint density at radius 3 is 2.52 bits per heavy atom. The summed E-state index contributed by atoms with van der Waals surface area (Å²) in [5.41, 5.74) is 3.03. The number of fused-ring (bicyclic) bond motifs is 1. The lowest BCUT2D eigenvalue weighted by Crippen LogP contribution is -2.41. The molecule has 1 heterocycles. The van der Waals surface area contributed by atoms with Crippen LogP contribution in [0, 0.1) is 0 Å². The highest BCUT2D eigenvalue weighted by Gasteiger charge is 2.32. The molecule has 7 heteroatoms. The highest BCUT2D eigenvalue weighted by Crippen LogP contribution is 2.42. The van der Waals surface area contributed by atoms with E-state index in [-0.39, 0.29) is 6.17 Å². The van der Waals surface area contributed by atoms with Gasteiger partial charge in [0.1, 0.15) is 11.9 Å². The van der Waals surface area contributed by atoms with Crippen LogP contribution in [0.5, 0.6) is 5.75 Å². The number of rotatable bonds is 8. The van der Waals surface area contributed by atoms with Crippen LogP contribution in [0.4, 0.5) is 10.5 Å². The van der Waals surface area contributed by atoms with Crippen molar-refractivity contribution in [3.63, 3.8) is 0 Å². The van der Waals surface area contributed by atoms with Crippen molar-refractivity contribution in [1.29, 1.82) is 0 Å². The number of ether oxygens (including phenoxy) is 1. The van der Waals surface area contributed by atoms with Crippen LogP contribution in [0.1, 0.15) is 56.3 Å². The van der Waals surface area contributed by atoms with Crippen LogP contribution in [-0.4, -0.2) is 31.6 Å². The fraction of sp³-hybridized carbons (Fsp3) is 0.458. The summed E-state index contributed by atoms with van der Waals surface area (Å²) in [7, 11) is 4.05. The molecule has 1 atom stereocenters. The maximum Gasteiger partial charge on any atom is 0.412 e. The Hall–Kier alpha value is -1.95. The second kappa shape index (κ2) is 11.1. The fourth-order valence-corrected chi connectivity index (χ4v) is 4.70. The lowest BCUT2D eigenvalue weighted by atomic mass is 10.0. The Balaban J connectivity index is 1.65. The Labute approximate surface area is 195 Å². The molecule has 1 unspecified atom stereocenters. The fourth-order valence-electron chi connectivity index (χ4n) is 4.11. The molecule has 1 aliphatic rings. The zero-order chi connectivity index (χ0) is 22.4. The molecule has 0 aliphatic carbocycles. The summed E-state index contributed by atoms with van der Waals surface area (Å²) >= 11 is 13.0. The van der Waals surface area contributed by atoms with E-state index in [9.17, 15) is 4.79 Å². The molecule has 1 amide bonds. The molecule has 5 nitrogen and oxygen atoms in total. The molecule has 0 fully saturated rings. The van der Waals surface area contributed by atoms with E-state index in [1.54, 1.807) is 0 Å². The average Bonchev–Trinajstić information content (AvgIpc) is 2.72. The van der Waals surface area contributed by atoms with Gasteiger partial charge in [-0.2, -0.15) is 0 Å². The number of hydrogen-bond acceptors (Lipinski definition) is 4. The number of carbonyl (C=O) groups excluding carboxylic acids is 1. The molecule has 0 saturated carbocycles. The second-order valence-electron chi connectivity index (χ2n) is 8.06. The summed E-state index contributed by atoms with van der Waals surface area (Å²) in [6, 6.07) is 11.3. The van der Waals surface area contributed by atoms with Gasteiger partial charge in [-0.1, -0.05) is 61.9 Å². The number of nitrogens with zero attached hydrogens (tertiary/aromatic N) is 2. The number of carbonyl (C=O) groups is 1. The quantitative estimate of drug-likeness (QED) is 0.445.